The van der Waals surface area contributed by atoms with Gasteiger partial charge >= 0.3 is 0 Å². The fourth-order valence-electron chi connectivity index (χ4n) is 3.54. The molecule has 29 heavy (non-hydrogen) atoms. The Morgan fingerprint density at radius 3 is 2.72 bits per heavy atom. The van der Waals surface area contributed by atoms with Crippen LogP contribution in [0.2, 0.25) is 5.02 Å². The van der Waals surface area contributed by atoms with Crippen LogP contribution in [0.4, 0.5) is 0 Å². The number of ether oxygens (including phenoxy) is 1. The number of nitrogens with one attached hydrogen (secondary N) is 1. The van der Waals surface area contributed by atoms with Crippen molar-refractivity contribution in [1.29, 1.82) is 0 Å². The van der Waals surface area contributed by atoms with E-state index in [2.05, 4.69) is 22.4 Å². The van der Waals surface area contributed by atoms with Crippen LogP contribution >= 0.6 is 11.6 Å². The third-order valence-corrected chi connectivity index (χ3v) is 7.11. The molecule has 1 aliphatic rings. The molecule has 0 radical (unpaired) electrons. The first-order valence-electron chi connectivity index (χ1n) is 9.68. The molecular weight excluding hydrogens is 408 g/mol. The number of sulfone groups is 1. The van der Waals surface area contributed by atoms with E-state index in [1.54, 1.807) is 0 Å². The molecule has 1 aliphatic heterocycles. The molecular formula is C22H23ClN2O3S. The van der Waals surface area contributed by atoms with E-state index in [1.807, 2.05) is 42.5 Å². The molecule has 3 aromatic rings. The Morgan fingerprint density at radius 2 is 1.97 bits per heavy atom. The minimum atomic E-state index is -2.92. The maximum Gasteiger partial charge on any atom is 0.218 e. The highest BCUT2D eigenvalue weighted by atomic mass is 35.5. The summed E-state index contributed by atoms with van der Waals surface area (Å²) in [6, 6.07) is 17.7. The van der Waals surface area contributed by atoms with Crippen LogP contribution in [-0.4, -0.2) is 37.6 Å². The predicted octanol–water partition coefficient (Wildman–Crippen LogP) is 3.79. The van der Waals surface area contributed by atoms with Gasteiger partial charge in [0.1, 0.15) is 0 Å². The second-order valence-corrected chi connectivity index (χ2v) is 10.0. The number of fused-ring (bicyclic) bond motifs is 1. The molecule has 0 aliphatic carbocycles. The average Bonchev–Trinajstić information content (AvgIpc) is 3.06. The first kappa shape index (κ1) is 20.1. The molecule has 7 heteroatoms. The zero-order valence-corrected chi connectivity index (χ0v) is 17.5. The van der Waals surface area contributed by atoms with Crippen molar-refractivity contribution in [2.75, 3.05) is 18.1 Å². The van der Waals surface area contributed by atoms with E-state index in [-0.39, 0.29) is 17.5 Å². The summed E-state index contributed by atoms with van der Waals surface area (Å²) in [5.74, 6) is 0.997. The molecule has 2 aromatic carbocycles. The minimum Gasteiger partial charge on any atom is -0.477 e. The highest BCUT2D eigenvalue weighted by molar-refractivity contribution is 7.91. The van der Waals surface area contributed by atoms with Gasteiger partial charge in [-0.3, -0.25) is 0 Å². The number of aromatic nitrogens is 1. The summed E-state index contributed by atoms with van der Waals surface area (Å²) < 4.78 is 29.5. The average molecular weight is 431 g/mol. The van der Waals surface area contributed by atoms with Gasteiger partial charge < -0.3 is 10.1 Å². The molecule has 1 saturated heterocycles. The van der Waals surface area contributed by atoms with Crippen LogP contribution in [0.5, 0.6) is 5.88 Å². The molecule has 0 bridgehead atoms. The smallest absolute Gasteiger partial charge is 0.218 e. The lowest BCUT2D eigenvalue weighted by Crippen LogP contribution is -2.29. The van der Waals surface area contributed by atoms with Crippen LogP contribution in [0.1, 0.15) is 17.5 Å². The van der Waals surface area contributed by atoms with Gasteiger partial charge in [0.25, 0.3) is 0 Å². The van der Waals surface area contributed by atoms with E-state index < -0.39 is 9.84 Å². The van der Waals surface area contributed by atoms with Gasteiger partial charge in [0.15, 0.2) is 9.84 Å². The summed E-state index contributed by atoms with van der Waals surface area (Å²) in [5, 5.41) is 4.95. The van der Waals surface area contributed by atoms with E-state index >= 15 is 0 Å². The number of halogens is 1. The predicted molar refractivity (Wildman–Crippen MR) is 116 cm³/mol. The molecule has 0 amide bonds. The monoisotopic (exact) mass is 430 g/mol. The second-order valence-electron chi connectivity index (χ2n) is 7.35. The van der Waals surface area contributed by atoms with E-state index in [0.717, 1.165) is 22.9 Å². The van der Waals surface area contributed by atoms with Crippen molar-refractivity contribution in [3.05, 3.63) is 70.7 Å². The molecule has 1 N–H and O–H groups in total. The van der Waals surface area contributed by atoms with Crippen LogP contribution in [0, 0.1) is 0 Å². The molecule has 0 spiro atoms. The van der Waals surface area contributed by atoms with Crippen LogP contribution < -0.4 is 10.1 Å². The highest BCUT2D eigenvalue weighted by Gasteiger charge is 2.27. The number of rotatable bonds is 7. The SMILES string of the molecule is O=S1(=O)CC[C@@H](NCc2cc3ccc(Cl)cc3nc2OCCc2ccccc2)C1. The maximum absolute atomic E-state index is 11.7. The first-order valence-corrected chi connectivity index (χ1v) is 11.9. The van der Waals surface area contributed by atoms with Gasteiger partial charge in [0.2, 0.25) is 5.88 Å². The standard InChI is InChI=1S/C22H23ClN2O3S/c23-19-7-6-17-12-18(14-24-20-9-11-29(26,27)15-20)22(25-21(17)13-19)28-10-8-16-4-2-1-3-5-16/h1-7,12-13,20,24H,8-11,14-15H2/t20-/m1/s1. The van der Waals surface area contributed by atoms with Crippen molar-refractivity contribution < 1.29 is 13.2 Å². The lowest BCUT2D eigenvalue weighted by molar-refractivity contribution is 0.306. The quantitative estimate of drug-likeness (QED) is 0.617. The van der Waals surface area contributed by atoms with Crippen molar-refractivity contribution >= 4 is 32.3 Å². The molecule has 5 nitrogen and oxygen atoms in total. The molecule has 2 heterocycles. The summed E-state index contributed by atoms with van der Waals surface area (Å²) in [5.41, 5.74) is 2.89. The fraction of sp³-hybridized carbons (Fsp3) is 0.318. The van der Waals surface area contributed by atoms with E-state index in [9.17, 15) is 8.42 Å². The molecule has 4 rings (SSSR count). The Morgan fingerprint density at radius 1 is 1.14 bits per heavy atom. The molecule has 1 aromatic heterocycles. The van der Waals surface area contributed by atoms with Gasteiger partial charge in [0, 0.05) is 35.0 Å². The Bertz CT molecular complexity index is 1100. The lowest BCUT2D eigenvalue weighted by atomic mass is 10.1. The molecule has 0 unspecified atom stereocenters. The third kappa shape index (κ3) is 5.26. The number of nitrogens with zero attached hydrogens (tertiary/aromatic N) is 1. The topological polar surface area (TPSA) is 68.3 Å². The van der Waals surface area contributed by atoms with Gasteiger partial charge in [0.05, 0.1) is 23.6 Å². The Labute approximate surface area is 176 Å². The van der Waals surface area contributed by atoms with Crippen molar-refractivity contribution in [1.82, 2.24) is 10.3 Å². The van der Waals surface area contributed by atoms with Crippen molar-refractivity contribution in [3.8, 4) is 5.88 Å². The summed E-state index contributed by atoms with van der Waals surface area (Å²) in [7, 11) is -2.92. The van der Waals surface area contributed by atoms with Crippen molar-refractivity contribution in [2.45, 2.75) is 25.4 Å². The first-order chi connectivity index (χ1) is 14.0. The van der Waals surface area contributed by atoms with E-state index in [0.29, 0.717) is 30.5 Å². The number of pyridine rings is 1. The molecule has 0 saturated carbocycles. The zero-order chi connectivity index (χ0) is 20.3. The Balaban J connectivity index is 1.51. The zero-order valence-electron chi connectivity index (χ0n) is 16.0. The van der Waals surface area contributed by atoms with Gasteiger partial charge in [-0.15, -0.1) is 0 Å². The second kappa shape index (κ2) is 8.69. The fourth-order valence-corrected chi connectivity index (χ4v) is 5.41. The highest BCUT2D eigenvalue weighted by Crippen LogP contribution is 2.25. The summed E-state index contributed by atoms with van der Waals surface area (Å²) in [6.45, 7) is 1.01. The van der Waals surface area contributed by atoms with E-state index in [4.69, 9.17) is 16.3 Å². The molecule has 152 valence electrons. The third-order valence-electron chi connectivity index (χ3n) is 5.10. The van der Waals surface area contributed by atoms with Crippen LogP contribution in [-0.2, 0) is 22.8 Å². The number of hydrogen-bond donors (Lipinski definition) is 1. The summed E-state index contributed by atoms with van der Waals surface area (Å²) in [4.78, 5) is 4.68. The Kier molecular flexibility index (Phi) is 6.04. The number of hydrogen-bond acceptors (Lipinski definition) is 5. The summed E-state index contributed by atoms with van der Waals surface area (Å²) >= 11 is 6.12. The summed E-state index contributed by atoms with van der Waals surface area (Å²) in [6.07, 6.45) is 1.42. The van der Waals surface area contributed by atoms with Crippen LogP contribution in [0.25, 0.3) is 10.9 Å². The van der Waals surface area contributed by atoms with Gasteiger partial charge in [-0.1, -0.05) is 48.0 Å². The van der Waals surface area contributed by atoms with Gasteiger partial charge in [-0.25, -0.2) is 13.4 Å². The van der Waals surface area contributed by atoms with Crippen molar-refractivity contribution in [3.63, 3.8) is 0 Å². The molecule has 1 fully saturated rings. The van der Waals surface area contributed by atoms with Gasteiger partial charge in [-0.2, -0.15) is 0 Å². The largest absolute Gasteiger partial charge is 0.477 e. The maximum atomic E-state index is 11.7. The minimum absolute atomic E-state index is 0.0296. The van der Waals surface area contributed by atoms with Crippen LogP contribution in [0.3, 0.4) is 0 Å². The Hall–Kier alpha value is -2.15. The number of benzene rings is 2. The van der Waals surface area contributed by atoms with Crippen LogP contribution in [0.15, 0.2) is 54.6 Å². The van der Waals surface area contributed by atoms with Gasteiger partial charge in [-0.05, 0) is 30.2 Å². The lowest BCUT2D eigenvalue weighted by Gasteiger charge is -2.15. The van der Waals surface area contributed by atoms with E-state index in [1.165, 1.54) is 5.56 Å². The normalized spacial score (nSPS) is 18.2. The van der Waals surface area contributed by atoms with Crippen molar-refractivity contribution in [2.24, 2.45) is 0 Å². The molecule has 1 atom stereocenters.